The molecule has 0 aromatic heterocycles. The van der Waals surface area contributed by atoms with Crippen molar-refractivity contribution in [2.24, 2.45) is 0 Å². The molecule has 3 aliphatic rings. The maximum atomic E-state index is 9.67. The molecule has 3 heteroatoms. The Morgan fingerprint density at radius 1 is 1.20 bits per heavy atom. The average Bonchev–Trinajstić information content (AvgIpc) is 2.64. The fourth-order valence-electron chi connectivity index (χ4n) is 2.58. The number of aliphatic hydroxyl groups excluding tert-OH is 2. The fraction of sp³-hybridized carbons (Fsp3) is 0.412. The van der Waals surface area contributed by atoms with Crippen LogP contribution in [0.25, 0.3) is 0 Å². The van der Waals surface area contributed by atoms with Gasteiger partial charge < -0.3 is 14.9 Å². The summed E-state index contributed by atoms with van der Waals surface area (Å²) in [4.78, 5) is 0. The van der Waals surface area contributed by atoms with E-state index in [0.29, 0.717) is 6.42 Å². The van der Waals surface area contributed by atoms with Gasteiger partial charge in [0.2, 0.25) is 0 Å². The summed E-state index contributed by atoms with van der Waals surface area (Å²) in [5.41, 5.74) is 3.30. The Labute approximate surface area is 120 Å². The van der Waals surface area contributed by atoms with Crippen molar-refractivity contribution in [2.45, 2.75) is 45.8 Å². The molecule has 1 aliphatic heterocycles. The van der Waals surface area contributed by atoms with Gasteiger partial charge in [0, 0.05) is 23.6 Å². The van der Waals surface area contributed by atoms with Crippen molar-refractivity contribution in [3.63, 3.8) is 0 Å². The third-order valence-electron chi connectivity index (χ3n) is 3.62. The van der Waals surface area contributed by atoms with E-state index in [0.717, 1.165) is 28.9 Å². The topological polar surface area (TPSA) is 49.7 Å². The third kappa shape index (κ3) is 2.73. The van der Waals surface area contributed by atoms with Crippen molar-refractivity contribution < 1.29 is 14.9 Å². The largest absolute Gasteiger partial charge is 0.508 e. The van der Waals surface area contributed by atoms with Crippen LogP contribution in [0.2, 0.25) is 0 Å². The number of aliphatic hydroxyl groups is 2. The first kappa shape index (κ1) is 14.7. The lowest BCUT2D eigenvalue weighted by molar-refractivity contribution is 0.150. The molecule has 0 fully saturated rings. The molecule has 2 N–H and O–H groups in total. The molecule has 0 aromatic rings. The minimum atomic E-state index is -0.404. The molecule has 0 aromatic carbocycles. The Morgan fingerprint density at radius 2 is 1.95 bits per heavy atom. The van der Waals surface area contributed by atoms with E-state index in [1.54, 1.807) is 12.2 Å². The highest BCUT2D eigenvalue weighted by Gasteiger charge is 2.28. The van der Waals surface area contributed by atoms with Gasteiger partial charge in [-0.25, -0.2) is 0 Å². The highest BCUT2D eigenvalue weighted by Crippen LogP contribution is 2.37. The first-order valence-electron chi connectivity index (χ1n) is 7.21. The van der Waals surface area contributed by atoms with Crippen LogP contribution in [0.4, 0.5) is 0 Å². The van der Waals surface area contributed by atoms with Crippen molar-refractivity contribution in [3.05, 3.63) is 58.6 Å². The Kier molecular flexibility index (Phi) is 4.50. The second-order valence-electron chi connectivity index (χ2n) is 4.85. The van der Waals surface area contributed by atoms with Crippen LogP contribution in [0.3, 0.4) is 0 Å². The smallest absolute Gasteiger partial charge is 0.146 e. The van der Waals surface area contributed by atoms with Crippen molar-refractivity contribution in [3.8, 4) is 0 Å². The molecule has 2 unspecified atom stereocenters. The Hall–Kier alpha value is -1.74. The van der Waals surface area contributed by atoms with E-state index in [-0.39, 0.29) is 11.9 Å². The summed E-state index contributed by atoms with van der Waals surface area (Å²) in [7, 11) is 0. The van der Waals surface area contributed by atoms with Crippen LogP contribution >= 0.6 is 0 Å². The molecule has 2 atom stereocenters. The molecule has 2 aliphatic carbocycles. The van der Waals surface area contributed by atoms with E-state index in [1.165, 1.54) is 0 Å². The van der Waals surface area contributed by atoms with Gasteiger partial charge in [0.25, 0.3) is 0 Å². The molecule has 3 nitrogen and oxygen atoms in total. The predicted octanol–water partition coefficient (Wildman–Crippen LogP) is 3.70. The van der Waals surface area contributed by atoms with Gasteiger partial charge in [-0.3, -0.25) is 0 Å². The number of hydrogen-bond acceptors (Lipinski definition) is 3. The summed E-state index contributed by atoms with van der Waals surface area (Å²) in [6.07, 6.45) is 9.85. The first-order chi connectivity index (χ1) is 9.65. The Morgan fingerprint density at radius 3 is 2.70 bits per heavy atom. The van der Waals surface area contributed by atoms with Gasteiger partial charge in [0.1, 0.15) is 17.6 Å². The van der Waals surface area contributed by atoms with Gasteiger partial charge in [-0.1, -0.05) is 32.1 Å². The summed E-state index contributed by atoms with van der Waals surface area (Å²) in [6.45, 7) is 6.06. The van der Waals surface area contributed by atoms with Crippen LogP contribution in [0.5, 0.6) is 0 Å². The van der Waals surface area contributed by atoms with E-state index < -0.39 is 6.10 Å². The summed E-state index contributed by atoms with van der Waals surface area (Å²) >= 11 is 0. The lowest BCUT2D eigenvalue weighted by atomic mass is 9.90. The SMILES string of the molecule is CC.CC1=C2C=CC(O)=CC2OC2=C1C=CC(O)CC2. The van der Waals surface area contributed by atoms with Crippen LogP contribution in [-0.4, -0.2) is 22.4 Å². The molecule has 20 heavy (non-hydrogen) atoms. The number of ether oxygens (including phenoxy) is 1. The molecule has 0 amide bonds. The molecular formula is C17H22O3. The van der Waals surface area contributed by atoms with E-state index in [4.69, 9.17) is 4.74 Å². The minimum Gasteiger partial charge on any atom is -0.508 e. The van der Waals surface area contributed by atoms with Crippen LogP contribution in [0.15, 0.2) is 58.6 Å². The zero-order chi connectivity index (χ0) is 14.7. The summed E-state index contributed by atoms with van der Waals surface area (Å²) in [6, 6.07) is 0. The van der Waals surface area contributed by atoms with Crippen molar-refractivity contribution in [2.75, 3.05) is 0 Å². The normalized spacial score (nSPS) is 27.7. The second-order valence-corrected chi connectivity index (χ2v) is 4.85. The van der Waals surface area contributed by atoms with E-state index in [9.17, 15) is 10.2 Å². The summed E-state index contributed by atoms with van der Waals surface area (Å²) < 4.78 is 5.94. The summed E-state index contributed by atoms with van der Waals surface area (Å²) in [5.74, 6) is 1.15. The fourth-order valence-corrected chi connectivity index (χ4v) is 2.58. The Bertz CT molecular complexity index is 532. The van der Waals surface area contributed by atoms with Gasteiger partial charge in [-0.2, -0.15) is 0 Å². The summed E-state index contributed by atoms with van der Waals surface area (Å²) in [5, 5.41) is 19.2. The minimum absolute atomic E-state index is 0.197. The maximum absolute atomic E-state index is 9.67. The molecule has 0 radical (unpaired) electrons. The number of hydrogen-bond donors (Lipinski definition) is 2. The maximum Gasteiger partial charge on any atom is 0.146 e. The molecule has 0 bridgehead atoms. The number of fused-ring (bicyclic) bond motifs is 1. The van der Waals surface area contributed by atoms with Crippen molar-refractivity contribution >= 4 is 0 Å². The Balaban J connectivity index is 0.000000704. The molecule has 0 saturated heterocycles. The van der Waals surface area contributed by atoms with Crippen LogP contribution in [0, 0.1) is 0 Å². The third-order valence-corrected chi connectivity index (χ3v) is 3.62. The number of allylic oxidation sites excluding steroid dienone is 5. The highest BCUT2D eigenvalue weighted by molar-refractivity contribution is 5.54. The number of rotatable bonds is 0. The lowest BCUT2D eigenvalue weighted by Crippen LogP contribution is -2.21. The van der Waals surface area contributed by atoms with Crippen molar-refractivity contribution in [1.82, 2.24) is 0 Å². The first-order valence-corrected chi connectivity index (χ1v) is 7.21. The van der Waals surface area contributed by atoms with Crippen LogP contribution in [0.1, 0.15) is 33.6 Å². The standard InChI is InChI=1S/C15H16O3.C2H6/c1-9-12-5-2-10(16)4-7-14(12)18-15-8-11(17)3-6-13(9)15;1-2/h2-3,5-6,8,10,15-17H,4,7H2,1H3;1-2H3. The van der Waals surface area contributed by atoms with Gasteiger partial charge in [-0.15, -0.1) is 0 Å². The van der Waals surface area contributed by atoms with Gasteiger partial charge in [-0.05, 0) is 25.0 Å². The zero-order valence-electron chi connectivity index (χ0n) is 12.3. The molecule has 0 spiro atoms. The van der Waals surface area contributed by atoms with Crippen molar-refractivity contribution in [1.29, 1.82) is 0 Å². The molecule has 108 valence electrons. The zero-order valence-corrected chi connectivity index (χ0v) is 12.3. The quantitative estimate of drug-likeness (QED) is 0.708. The van der Waals surface area contributed by atoms with E-state index >= 15 is 0 Å². The van der Waals surface area contributed by atoms with E-state index in [1.807, 2.05) is 32.1 Å². The van der Waals surface area contributed by atoms with Gasteiger partial charge >= 0.3 is 0 Å². The van der Waals surface area contributed by atoms with Crippen LogP contribution in [-0.2, 0) is 4.74 Å². The molecular weight excluding hydrogens is 252 g/mol. The van der Waals surface area contributed by atoms with E-state index in [2.05, 4.69) is 6.92 Å². The molecule has 3 rings (SSSR count). The van der Waals surface area contributed by atoms with Gasteiger partial charge in [0.15, 0.2) is 0 Å². The van der Waals surface area contributed by atoms with Gasteiger partial charge in [0.05, 0.1) is 6.10 Å². The highest BCUT2D eigenvalue weighted by atomic mass is 16.5. The second kappa shape index (κ2) is 6.14. The van der Waals surface area contributed by atoms with Crippen LogP contribution < -0.4 is 0 Å². The lowest BCUT2D eigenvalue weighted by Gasteiger charge is -2.29. The monoisotopic (exact) mass is 274 g/mol. The molecule has 0 saturated carbocycles. The average molecular weight is 274 g/mol. The predicted molar refractivity (Wildman–Crippen MR) is 80.2 cm³/mol. The molecule has 1 heterocycles.